The SMILES string of the molecule is COC(C)CCC(=O)N(C)C1CCNCC1. The Labute approximate surface area is 98.3 Å². The van der Waals surface area contributed by atoms with Crippen molar-refractivity contribution in [2.75, 3.05) is 27.2 Å². The van der Waals surface area contributed by atoms with Crippen LogP contribution in [0.5, 0.6) is 0 Å². The molecule has 0 aromatic carbocycles. The fourth-order valence-corrected chi connectivity index (χ4v) is 2.02. The number of ether oxygens (including phenoxy) is 1. The lowest BCUT2D eigenvalue weighted by molar-refractivity contribution is -0.133. The summed E-state index contributed by atoms with van der Waals surface area (Å²) in [6, 6.07) is 0.423. The largest absolute Gasteiger partial charge is 0.382 e. The van der Waals surface area contributed by atoms with Crippen LogP contribution in [-0.4, -0.2) is 50.2 Å². The van der Waals surface area contributed by atoms with E-state index in [1.165, 1.54) is 0 Å². The number of methoxy groups -OCH3 is 1. The quantitative estimate of drug-likeness (QED) is 0.763. The smallest absolute Gasteiger partial charge is 0.222 e. The van der Waals surface area contributed by atoms with Crippen molar-refractivity contribution in [3.05, 3.63) is 0 Å². The van der Waals surface area contributed by atoms with Gasteiger partial charge in [0, 0.05) is 26.6 Å². The summed E-state index contributed by atoms with van der Waals surface area (Å²) in [6.45, 7) is 4.05. The first-order valence-electron chi connectivity index (χ1n) is 6.14. The third-order valence-corrected chi connectivity index (χ3v) is 3.42. The Hall–Kier alpha value is -0.610. The van der Waals surface area contributed by atoms with Gasteiger partial charge in [-0.2, -0.15) is 0 Å². The van der Waals surface area contributed by atoms with Gasteiger partial charge in [0.2, 0.25) is 5.91 Å². The van der Waals surface area contributed by atoms with Gasteiger partial charge >= 0.3 is 0 Å². The Bertz CT molecular complexity index is 215. The molecule has 1 unspecified atom stereocenters. The number of hydrogen-bond donors (Lipinski definition) is 1. The molecule has 1 aliphatic rings. The lowest BCUT2D eigenvalue weighted by atomic mass is 10.0. The molecule has 1 saturated heterocycles. The number of amides is 1. The summed E-state index contributed by atoms with van der Waals surface area (Å²) in [5.41, 5.74) is 0. The molecule has 0 aromatic heterocycles. The van der Waals surface area contributed by atoms with E-state index in [0.717, 1.165) is 32.4 Å². The van der Waals surface area contributed by atoms with Gasteiger partial charge in [-0.05, 0) is 39.3 Å². The van der Waals surface area contributed by atoms with Gasteiger partial charge in [-0.3, -0.25) is 4.79 Å². The first-order valence-corrected chi connectivity index (χ1v) is 6.14. The third kappa shape index (κ3) is 4.10. The Kier molecular flexibility index (Phi) is 5.77. The van der Waals surface area contributed by atoms with Gasteiger partial charge < -0.3 is 15.0 Å². The molecule has 0 bridgehead atoms. The van der Waals surface area contributed by atoms with Crippen LogP contribution in [-0.2, 0) is 9.53 Å². The van der Waals surface area contributed by atoms with E-state index in [-0.39, 0.29) is 12.0 Å². The van der Waals surface area contributed by atoms with E-state index in [9.17, 15) is 4.79 Å². The zero-order chi connectivity index (χ0) is 12.0. The molecule has 1 aliphatic heterocycles. The first-order chi connectivity index (χ1) is 7.65. The minimum absolute atomic E-state index is 0.172. The number of carbonyl (C=O) groups excluding carboxylic acids is 1. The molecule has 0 aromatic rings. The molecule has 1 N–H and O–H groups in total. The number of carbonyl (C=O) groups is 1. The highest BCUT2D eigenvalue weighted by Crippen LogP contribution is 2.12. The topological polar surface area (TPSA) is 41.6 Å². The molecule has 16 heavy (non-hydrogen) atoms. The van der Waals surface area contributed by atoms with Crippen LogP contribution in [0.1, 0.15) is 32.6 Å². The summed E-state index contributed by atoms with van der Waals surface area (Å²) in [7, 11) is 3.61. The molecule has 1 heterocycles. The lowest BCUT2D eigenvalue weighted by Gasteiger charge is -2.32. The zero-order valence-corrected chi connectivity index (χ0v) is 10.7. The molecule has 0 spiro atoms. The summed E-state index contributed by atoms with van der Waals surface area (Å²) in [6.07, 6.45) is 3.72. The molecule has 1 atom stereocenters. The molecule has 0 aliphatic carbocycles. The molecule has 0 saturated carbocycles. The van der Waals surface area contributed by atoms with Gasteiger partial charge in [0.25, 0.3) is 0 Å². The van der Waals surface area contributed by atoms with Gasteiger partial charge in [0.15, 0.2) is 0 Å². The van der Waals surface area contributed by atoms with E-state index in [0.29, 0.717) is 12.5 Å². The molecule has 1 fully saturated rings. The van der Waals surface area contributed by atoms with Crippen molar-refractivity contribution < 1.29 is 9.53 Å². The molecule has 1 rings (SSSR count). The fourth-order valence-electron chi connectivity index (χ4n) is 2.02. The van der Waals surface area contributed by atoms with Crippen molar-refractivity contribution in [2.24, 2.45) is 0 Å². The number of nitrogens with one attached hydrogen (secondary N) is 1. The maximum absolute atomic E-state index is 11.9. The van der Waals surface area contributed by atoms with Crippen LogP contribution >= 0.6 is 0 Å². The predicted octanol–water partition coefficient (Wildman–Crippen LogP) is 1.01. The van der Waals surface area contributed by atoms with Crippen molar-refractivity contribution >= 4 is 5.91 Å². The van der Waals surface area contributed by atoms with Crippen molar-refractivity contribution in [3.8, 4) is 0 Å². The molecular formula is C12H24N2O2. The first kappa shape index (κ1) is 13.5. The fraction of sp³-hybridized carbons (Fsp3) is 0.917. The Morgan fingerprint density at radius 1 is 1.50 bits per heavy atom. The lowest BCUT2D eigenvalue weighted by Crippen LogP contribution is -2.44. The second kappa shape index (κ2) is 6.86. The summed E-state index contributed by atoms with van der Waals surface area (Å²) in [5.74, 6) is 0.246. The van der Waals surface area contributed by atoms with Crippen molar-refractivity contribution in [1.82, 2.24) is 10.2 Å². The van der Waals surface area contributed by atoms with Crippen LogP contribution in [0.25, 0.3) is 0 Å². The Morgan fingerprint density at radius 3 is 2.69 bits per heavy atom. The third-order valence-electron chi connectivity index (χ3n) is 3.42. The van der Waals surface area contributed by atoms with E-state index in [1.807, 2.05) is 18.9 Å². The van der Waals surface area contributed by atoms with Crippen LogP contribution in [0, 0.1) is 0 Å². The minimum atomic E-state index is 0.172. The Balaban J connectivity index is 2.29. The monoisotopic (exact) mass is 228 g/mol. The second-order valence-electron chi connectivity index (χ2n) is 4.57. The average molecular weight is 228 g/mol. The average Bonchev–Trinajstić information content (AvgIpc) is 2.35. The van der Waals surface area contributed by atoms with Crippen LogP contribution in [0.15, 0.2) is 0 Å². The van der Waals surface area contributed by atoms with Crippen LogP contribution in [0.3, 0.4) is 0 Å². The highest BCUT2D eigenvalue weighted by atomic mass is 16.5. The summed E-state index contributed by atoms with van der Waals surface area (Å²) in [4.78, 5) is 13.8. The van der Waals surface area contributed by atoms with Crippen molar-refractivity contribution in [2.45, 2.75) is 44.8 Å². The van der Waals surface area contributed by atoms with E-state index < -0.39 is 0 Å². The highest BCUT2D eigenvalue weighted by molar-refractivity contribution is 5.76. The predicted molar refractivity (Wildman–Crippen MR) is 64.4 cm³/mol. The molecule has 0 radical (unpaired) electrons. The van der Waals surface area contributed by atoms with Crippen LogP contribution in [0.4, 0.5) is 0 Å². The van der Waals surface area contributed by atoms with Crippen LogP contribution < -0.4 is 5.32 Å². The van der Waals surface area contributed by atoms with Crippen molar-refractivity contribution in [3.63, 3.8) is 0 Å². The van der Waals surface area contributed by atoms with Gasteiger partial charge in [-0.25, -0.2) is 0 Å². The maximum Gasteiger partial charge on any atom is 0.222 e. The molecular weight excluding hydrogens is 204 g/mol. The van der Waals surface area contributed by atoms with Crippen LogP contribution in [0.2, 0.25) is 0 Å². The van der Waals surface area contributed by atoms with E-state index in [2.05, 4.69) is 5.32 Å². The van der Waals surface area contributed by atoms with E-state index in [4.69, 9.17) is 4.74 Å². The van der Waals surface area contributed by atoms with Gasteiger partial charge in [-0.1, -0.05) is 0 Å². The number of hydrogen-bond acceptors (Lipinski definition) is 3. The molecule has 1 amide bonds. The van der Waals surface area contributed by atoms with Crippen molar-refractivity contribution in [1.29, 1.82) is 0 Å². The second-order valence-corrected chi connectivity index (χ2v) is 4.57. The van der Waals surface area contributed by atoms with E-state index >= 15 is 0 Å². The minimum Gasteiger partial charge on any atom is -0.382 e. The highest BCUT2D eigenvalue weighted by Gasteiger charge is 2.21. The van der Waals surface area contributed by atoms with E-state index in [1.54, 1.807) is 7.11 Å². The van der Waals surface area contributed by atoms with Gasteiger partial charge in [0.1, 0.15) is 0 Å². The summed E-state index contributed by atoms with van der Waals surface area (Å²) < 4.78 is 5.15. The molecule has 4 heteroatoms. The number of nitrogens with zero attached hydrogens (tertiary/aromatic N) is 1. The summed E-state index contributed by atoms with van der Waals surface area (Å²) >= 11 is 0. The number of piperidine rings is 1. The Morgan fingerprint density at radius 2 is 2.12 bits per heavy atom. The standard InChI is InChI=1S/C12H24N2O2/c1-10(16-3)4-5-12(15)14(2)11-6-8-13-9-7-11/h10-11,13H,4-9H2,1-3H3. The van der Waals surface area contributed by atoms with Gasteiger partial charge in [0.05, 0.1) is 6.10 Å². The normalized spacial score (nSPS) is 19.4. The zero-order valence-electron chi connectivity index (χ0n) is 10.7. The molecule has 94 valence electrons. The maximum atomic E-state index is 11.9. The van der Waals surface area contributed by atoms with Gasteiger partial charge in [-0.15, -0.1) is 0 Å². The number of rotatable bonds is 5. The molecule has 4 nitrogen and oxygen atoms in total. The summed E-state index contributed by atoms with van der Waals surface area (Å²) in [5, 5.41) is 3.31.